The number of allylic oxidation sites excluding steroid dienone is 1. The third-order valence-electron chi connectivity index (χ3n) is 0.874. The average Bonchev–Trinajstić information content (AvgIpc) is 1.79. The lowest BCUT2D eigenvalue weighted by Crippen LogP contribution is -2.12. The maximum Gasteiger partial charge on any atom is 0.572 e. The van der Waals surface area contributed by atoms with Crippen LogP contribution in [0.5, 0.6) is 0 Å². The highest BCUT2D eigenvalue weighted by Gasteiger charge is 2.31. The van der Waals surface area contributed by atoms with E-state index in [0.29, 0.717) is 0 Å². The summed E-state index contributed by atoms with van der Waals surface area (Å²) in [5.74, 6) is -0.369. The molecule has 0 spiro atoms. The molecule has 0 aliphatic rings. The maximum atomic E-state index is 11.4. The van der Waals surface area contributed by atoms with Crippen molar-refractivity contribution in [3.05, 3.63) is 12.3 Å². The monoisotopic (exact) mass is 170 g/mol. The van der Waals surface area contributed by atoms with Crippen LogP contribution in [0.15, 0.2) is 12.3 Å². The lowest BCUT2D eigenvalue weighted by molar-refractivity contribution is -0.306. The van der Waals surface area contributed by atoms with Gasteiger partial charge in [0.2, 0.25) is 0 Å². The second-order valence-electron chi connectivity index (χ2n) is 1.91. The van der Waals surface area contributed by atoms with Crippen molar-refractivity contribution >= 4 is 0 Å². The first kappa shape index (κ1) is 10.3. The highest BCUT2D eigenvalue weighted by molar-refractivity contribution is 4.82. The van der Waals surface area contributed by atoms with Gasteiger partial charge in [-0.15, -0.1) is 13.2 Å². The number of ether oxygens (including phenoxy) is 1. The van der Waals surface area contributed by atoms with Gasteiger partial charge < -0.3 is 9.84 Å². The number of aliphatic hydroxyl groups excluding tert-OH is 1. The van der Waals surface area contributed by atoms with Gasteiger partial charge in [-0.1, -0.05) is 6.58 Å². The second kappa shape index (κ2) is 4.23. The van der Waals surface area contributed by atoms with Crippen molar-refractivity contribution in [3.63, 3.8) is 0 Å². The zero-order chi connectivity index (χ0) is 8.91. The Bertz CT molecular complexity index is 130. The van der Waals surface area contributed by atoms with E-state index in [4.69, 9.17) is 5.11 Å². The molecule has 0 aromatic carbocycles. The van der Waals surface area contributed by atoms with Crippen LogP contribution in [0.4, 0.5) is 13.2 Å². The normalized spacial score (nSPS) is 11.3. The van der Waals surface area contributed by atoms with Crippen molar-refractivity contribution in [1.29, 1.82) is 0 Å². The van der Waals surface area contributed by atoms with Gasteiger partial charge in [0.15, 0.2) is 0 Å². The molecule has 0 aromatic heterocycles. The van der Waals surface area contributed by atoms with Crippen molar-refractivity contribution in [1.82, 2.24) is 0 Å². The first-order chi connectivity index (χ1) is 4.95. The summed E-state index contributed by atoms with van der Waals surface area (Å²) in [6, 6.07) is 0. The zero-order valence-electron chi connectivity index (χ0n) is 5.82. The van der Waals surface area contributed by atoms with Gasteiger partial charge in [-0.3, -0.25) is 0 Å². The molecular weight excluding hydrogens is 161 g/mol. The van der Waals surface area contributed by atoms with Gasteiger partial charge >= 0.3 is 6.36 Å². The van der Waals surface area contributed by atoms with E-state index in [1.54, 1.807) is 0 Å². The van der Waals surface area contributed by atoms with Crippen LogP contribution in [-0.4, -0.2) is 18.1 Å². The molecule has 0 atom stereocenters. The van der Waals surface area contributed by atoms with E-state index in [0.717, 1.165) is 0 Å². The lowest BCUT2D eigenvalue weighted by Gasteiger charge is -2.09. The molecule has 5 heteroatoms. The van der Waals surface area contributed by atoms with E-state index in [9.17, 15) is 13.2 Å². The molecule has 0 bridgehead atoms. The average molecular weight is 170 g/mol. The van der Waals surface area contributed by atoms with Gasteiger partial charge in [-0.2, -0.15) is 0 Å². The van der Waals surface area contributed by atoms with Crippen LogP contribution in [0.1, 0.15) is 12.8 Å². The fraction of sp³-hybridized carbons (Fsp3) is 0.667. The van der Waals surface area contributed by atoms with Crippen molar-refractivity contribution in [2.45, 2.75) is 19.2 Å². The molecule has 0 rings (SSSR count). The molecule has 66 valence electrons. The molecular formula is C6H9F3O2. The molecule has 0 aromatic rings. The molecule has 11 heavy (non-hydrogen) atoms. The molecule has 1 N–H and O–H groups in total. The highest BCUT2D eigenvalue weighted by Crippen LogP contribution is 2.21. The molecule has 0 amide bonds. The van der Waals surface area contributed by atoms with Crippen molar-refractivity contribution < 1.29 is 23.0 Å². The van der Waals surface area contributed by atoms with E-state index < -0.39 is 6.36 Å². The molecule has 0 unspecified atom stereocenters. The van der Waals surface area contributed by atoms with Crippen LogP contribution in [0.25, 0.3) is 0 Å². The van der Waals surface area contributed by atoms with Gasteiger partial charge in [0.1, 0.15) is 0 Å². The molecule has 0 heterocycles. The van der Waals surface area contributed by atoms with E-state index >= 15 is 0 Å². The maximum absolute atomic E-state index is 11.4. The van der Waals surface area contributed by atoms with E-state index in [1.165, 1.54) is 0 Å². The fourth-order valence-electron chi connectivity index (χ4n) is 0.491. The lowest BCUT2D eigenvalue weighted by atomic mass is 10.3. The number of hydrogen-bond donors (Lipinski definition) is 1. The summed E-state index contributed by atoms with van der Waals surface area (Å²) in [6.45, 7) is 2.86. The van der Waals surface area contributed by atoms with Crippen LogP contribution in [0.2, 0.25) is 0 Å². The summed E-state index contributed by atoms with van der Waals surface area (Å²) in [7, 11) is 0. The quantitative estimate of drug-likeness (QED) is 0.652. The van der Waals surface area contributed by atoms with Crippen LogP contribution >= 0.6 is 0 Å². The number of rotatable bonds is 4. The number of alkyl halides is 3. The van der Waals surface area contributed by atoms with Crippen LogP contribution in [0.3, 0.4) is 0 Å². The Morgan fingerprint density at radius 2 is 2.00 bits per heavy atom. The number of halogens is 3. The number of hydrogen-bond acceptors (Lipinski definition) is 2. The Hall–Kier alpha value is -0.710. The van der Waals surface area contributed by atoms with E-state index in [-0.39, 0.29) is 25.2 Å². The van der Waals surface area contributed by atoms with Crippen molar-refractivity contribution in [3.8, 4) is 0 Å². The van der Waals surface area contributed by atoms with Crippen molar-refractivity contribution in [2.24, 2.45) is 0 Å². The Balaban J connectivity index is 3.53. The summed E-state index contributed by atoms with van der Waals surface area (Å²) >= 11 is 0. The van der Waals surface area contributed by atoms with Crippen molar-refractivity contribution in [2.75, 3.05) is 6.61 Å². The summed E-state index contributed by atoms with van der Waals surface area (Å²) < 4.78 is 37.6. The minimum Gasteiger partial charge on any atom is -0.411 e. The predicted molar refractivity (Wildman–Crippen MR) is 32.6 cm³/mol. The summed E-state index contributed by atoms with van der Waals surface area (Å²) in [5, 5.41) is 8.24. The Morgan fingerprint density at radius 3 is 2.36 bits per heavy atom. The minimum absolute atomic E-state index is 0.0238. The molecule has 0 saturated heterocycles. The Morgan fingerprint density at radius 1 is 1.45 bits per heavy atom. The van der Waals surface area contributed by atoms with Crippen LogP contribution in [0, 0.1) is 0 Å². The third kappa shape index (κ3) is 7.18. The highest BCUT2D eigenvalue weighted by atomic mass is 19.4. The molecule has 0 aliphatic heterocycles. The predicted octanol–water partition coefficient (Wildman–Crippen LogP) is 1.81. The minimum atomic E-state index is -4.66. The van der Waals surface area contributed by atoms with E-state index in [1.807, 2.05) is 0 Å². The summed E-state index contributed by atoms with van der Waals surface area (Å²) in [5.41, 5.74) is 0. The summed E-state index contributed by atoms with van der Waals surface area (Å²) in [6.07, 6.45) is -4.41. The Labute approximate surface area is 62.3 Å². The van der Waals surface area contributed by atoms with Gasteiger partial charge in [0, 0.05) is 13.0 Å². The molecule has 0 saturated carbocycles. The third-order valence-corrected chi connectivity index (χ3v) is 0.874. The standard InChI is InChI=1S/C6H9F3O2/c1-5(3-2-4-10)11-6(7,8)9/h10H,1-4H2. The fourth-order valence-corrected chi connectivity index (χ4v) is 0.491. The first-order valence-electron chi connectivity index (χ1n) is 3.00. The number of aliphatic hydroxyl groups is 1. The second-order valence-corrected chi connectivity index (χ2v) is 1.91. The van der Waals surface area contributed by atoms with E-state index in [2.05, 4.69) is 11.3 Å². The van der Waals surface area contributed by atoms with Gasteiger partial charge in [0.25, 0.3) is 0 Å². The Kier molecular flexibility index (Phi) is 3.95. The van der Waals surface area contributed by atoms with Gasteiger partial charge in [-0.05, 0) is 6.42 Å². The van der Waals surface area contributed by atoms with Gasteiger partial charge in [-0.25, -0.2) is 0 Å². The molecule has 2 nitrogen and oxygen atoms in total. The zero-order valence-corrected chi connectivity index (χ0v) is 5.82. The first-order valence-corrected chi connectivity index (χ1v) is 3.00. The van der Waals surface area contributed by atoms with Gasteiger partial charge in [0.05, 0.1) is 5.76 Å². The molecule has 0 radical (unpaired) electrons. The topological polar surface area (TPSA) is 29.5 Å². The largest absolute Gasteiger partial charge is 0.572 e. The smallest absolute Gasteiger partial charge is 0.411 e. The SMILES string of the molecule is C=C(CCCO)OC(F)(F)F. The molecule has 0 aliphatic carbocycles. The molecule has 0 fully saturated rings. The summed E-state index contributed by atoms with van der Waals surface area (Å²) in [4.78, 5) is 0. The van der Waals surface area contributed by atoms with Crippen LogP contribution in [-0.2, 0) is 4.74 Å². The van der Waals surface area contributed by atoms with Crippen LogP contribution < -0.4 is 0 Å².